The average Bonchev–Trinajstić information content (AvgIpc) is 2.45. The van der Waals surface area contributed by atoms with Gasteiger partial charge in [0, 0.05) is 12.6 Å². The summed E-state index contributed by atoms with van der Waals surface area (Å²) in [6, 6.07) is 2.92. The molecule has 1 aromatic heterocycles. The topological polar surface area (TPSA) is 38.1 Å². The number of nitrogens with zero attached hydrogens (tertiary/aromatic N) is 2. The summed E-state index contributed by atoms with van der Waals surface area (Å²) in [5.74, 6) is 0.431. The summed E-state index contributed by atoms with van der Waals surface area (Å²) in [4.78, 5) is 4.21. The lowest BCUT2D eigenvalue weighted by molar-refractivity contribution is 0.283. The lowest BCUT2D eigenvalue weighted by Gasteiger charge is -2.00. The van der Waals surface area contributed by atoms with Crippen molar-refractivity contribution in [3.05, 3.63) is 29.3 Å². The Kier molecular flexibility index (Phi) is 2.00. The molecule has 3 nitrogen and oxygen atoms in total. The minimum atomic E-state index is -0.305. The highest BCUT2D eigenvalue weighted by molar-refractivity contribution is 5.80. The van der Waals surface area contributed by atoms with Gasteiger partial charge in [0.25, 0.3) is 0 Å². The molecule has 0 unspecified atom stereocenters. The quantitative estimate of drug-likeness (QED) is 0.747. The van der Waals surface area contributed by atoms with Crippen molar-refractivity contribution in [1.82, 2.24) is 9.55 Å². The van der Waals surface area contributed by atoms with Crippen LogP contribution in [-0.2, 0) is 13.7 Å². The van der Waals surface area contributed by atoms with E-state index in [4.69, 9.17) is 5.11 Å². The molecular formula is C10H11FN2O. The van der Waals surface area contributed by atoms with Gasteiger partial charge in [-0.15, -0.1) is 0 Å². The number of benzene rings is 1. The Bertz CT molecular complexity index is 490. The van der Waals surface area contributed by atoms with E-state index in [0.717, 1.165) is 5.82 Å². The first-order chi connectivity index (χ1) is 6.65. The maximum atomic E-state index is 13.4. The number of rotatable bonds is 1. The Labute approximate surface area is 80.8 Å². The molecule has 0 fully saturated rings. The fraction of sp³-hybridized carbons (Fsp3) is 0.300. The van der Waals surface area contributed by atoms with Crippen molar-refractivity contribution in [2.24, 2.45) is 7.05 Å². The largest absolute Gasteiger partial charge is 0.392 e. The van der Waals surface area contributed by atoms with Crippen LogP contribution in [0.4, 0.5) is 4.39 Å². The van der Waals surface area contributed by atoms with Gasteiger partial charge < -0.3 is 9.67 Å². The van der Waals surface area contributed by atoms with Gasteiger partial charge in [-0.3, -0.25) is 0 Å². The highest BCUT2D eigenvalue weighted by atomic mass is 19.1. The zero-order chi connectivity index (χ0) is 10.3. The van der Waals surface area contributed by atoms with Crippen molar-refractivity contribution >= 4 is 11.0 Å². The predicted octanol–water partition coefficient (Wildman–Crippen LogP) is 1.51. The normalized spacial score (nSPS) is 11.1. The Balaban J connectivity index is 2.91. The maximum absolute atomic E-state index is 13.4. The van der Waals surface area contributed by atoms with E-state index in [2.05, 4.69) is 4.98 Å². The Morgan fingerprint density at radius 3 is 2.86 bits per heavy atom. The van der Waals surface area contributed by atoms with E-state index in [9.17, 15) is 4.39 Å². The fourth-order valence-electron chi connectivity index (χ4n) is 1.57. The van der Waals surface area contributed by atoms with Crippen molar-refractivity contribution in [3.8, 4) is 0 Å². The molecule has 1 N–H and O–H groups in total. The van der Waals surface area contributed by atoms with Crippen LogP contribution in [0.1, 0.15) is 11.4 Å². The van der Waals surface area contributed by atoms with Gasteiger partial charge in [0.15, 0.2) is 0 Å². The third-order valence-electron chi connectivity index (χ3n) is 2.45. The summed E-state index contributed by atoms with van der Waals surface area (Å²) in [5, 5.41) is 9.05. The number of halogens is 1. The minimum Gasteiger partial charge on any atom is -0.392 e. The second kappa shape index (κ2) is 3.06. The number of hydrogen-bond donors (Lipinski definition) is 1. The summed E-state index contributed by atoms with van der Waals surface area (Å²) in [6.07, 6.45) is 0. The molecule has 0 atom stereocenters. The van der Waals surface area contributed by atoms with Crippen LogP contribution in [0, 0.1) is 12.7 Å². The smallest absolute Gasteiger partial charge is 0.149 e. The number of aryl methyl sites for hydroxylation is 2. The lowest BCUT2D eigenvalue weighted by Crippen LogP contribution is -1.93. The highest BCUT2D eigenvalue weighted by Crippen LogP contribution is 2.21. The molecule has 0 aliphatic carbocycles. The minimum absolute atomic E-state index is 0.118. The molecule has 0 amide bonds. The molecule has 2 aromatic rings. The van der Waals surface area contributed by atoms with Gasteiger partial charge >= 0.3 is 0 Å². The van der Waals surface area contributed by atoms with E-state index in [-0.39, 0.29) is 12.4 Å². The first kappa shape index (κ1) is 9.15. The molecule has 0 radical (unpaired) electrons. The molecule has 0 aliphatic rings. The monoisotopic (exact) mass is 194 g/mol. The third kappa shape index (κ3) is 1.11. The summed E-state index contributed by atoms with van der Waals surface area (Å²) in [7, 11) is 1.76. The molecule has 14 heavy (non-hydrogen) atoms. The number of aliphatic hydroxyl groups is 1. The molecule has 2 rings (SSSR count). The molecule has 0 bridgehead atoms. The summed E-state index contributed by atoms with van der Waals surface area (Å²) in [5.41, 5.74) is 1.66. The first-order valence-electron chi connectivity index (χ1n) is 4.36. The van der Waals surface area contributed by atoms with Gasteiger partial charge in [0.1, 0.15) is 17.2 Å². The van der Waals surface area contributed by atoms with Crippen LogP contribution < -0.4 is 0 Å². The number of aliphatic hydroxyl groups excluding tert-OH is 1. The van der Waals surface area contributed by atoms with E-state index >= 15 is 0 Å². The summed E-state index contributed by atoms with van der Waals surface area (Å²) in [6.45, 7) is 1.69. The van der Waals surface area contributed by atoms with Crippen LogP contribution in [0.15, 0.2) is 12.1 Å². The van der Waals surface area contributed by atoms with E-state index in [1.165, 1.54) is 6.07 Å². The van der Waals surface area contributed by atoms with Gasteiger partial charge in [0.2, 0.25) is 0 Å². The Morgan fingerprint density at radius 2 is 2.21 bits per heavy atom. The summed E-state index contributed by atoms with van der Waals surface area (Å²) >= 11 is 0. The molecule has 4 heteroatoms. The SMILES string of the molecule is Cc1nc2c(CO)ccc(F)c2n1C. The second-order valence-electron chi connectivity index (χ2n) is 3.28. The molecule has 1 aromatic carbocycles. The molecular weight excluding hydrogens is 183 g/mol. The van der Waals surface area contributed by atoms with Gasteiger partial charge in [-0.2, -0.15) is 0 Å². The van der Waals surface area contributed by atoms with Gasteiger partial charge in [-0.05, 0) is 13.0 Å². The number of imidazole rings is 1. The summed E-state index contributed by atoms with van der Waals surface area (Å²) < 4.78 is 15.1. The molecule has 1 heterocycles. The highest BCUT2D eigenvalue weighted by Gasteiger charge is 2.12. The molecule has 0 saturated heterocycles. The van der Waals surface area contributed by atoms with Crippen LogP contribution in [0.3, 0.4) is 0 Å². The van der Waals surface area contributed by atoms with Crippen LogP contribution in [0.5, 0.6) is 0 Å². The van der Waals surface area contributed by atoms with Gasteiger partial charge in [-0.25, -0.2) is 9.37 Å². The fourth-order valence-corrected chi connectivity index (χ4v) is 1.57. The average molecular weight is 194 g/mol. The zero-order valence-corrected chi connectivity index (χ0v) is 8.08. The standard InChI is InChI=1S/C10H11FN2O/c1-6-12-9-7(5-14)3-4-8(11)10(9)13(6)2/h3-4,14H,5H2,1-2H3. The lowest BCUT2D eigenvalue weighted by atomic mass is 10.2. The van der Waals surface area contributed by atoms with E-state index < -0.39 is 0 Å². The van der Waals surface area contributed by atoms with Crippen molar-refractivity contribution in [3.63, 3.8) is 0 Å². The third-order valence-corrected chi connectivity index (χ3v) is 2.45. The predicted molar refractivity (Wildman–Crippen MR) is 51.3 cm³/mol. The number of fused-ring (bicyclic) bond motifs is 1. The van der Waals surface area contributed by atoms with Gasteiger partial charge in [-0.1, -0.05) is 6.07 Å². The van der Waals surface area contributed by atoms with Gasteiger partial charge in [0.05, 0.1) is 12.1 Å². The van der Waals surface area contributed by atoms with Crippen molar-refractivity contribution in [2.45, 2.75) is 13.5 Å². The first-order valence-corrected chi connectivity index (χ1v) is 4.36. The maximum Gasteiger partial charge on any atom is 0.149 e. The van der Waals surface area contributed by atoms with Crippen molar-refractivity contribution < 1.29 is 9.50 Å². The molecule has 0 saturated carbocycles. The number of aromatic nitrogens is 2. The van der Waals surface area contributed by atoms with E-state index in [1.54, 1.807) is 24.6 Å². The number of hydrogen-bond acceptors (Lipinski definition) is 2. The van der Waals surface area contributed by atoms with E-state index in [1.807, 2.05) is 0 Å². The van der Waals surface area contributed by atoms with E-state index in [0.29, 0.717) is 16.6 Å². The molecule has 0 spiro atoms. The molecule has 74 valence electrons. The second-order valence-corrected chi connectivity index (χ2v) is 3.28. The zero-order valence-electron chi connectivity index (χ0n) is 8.08. The Hall–Kier alpha value is -1.42. The van der Waals surface area contributed by atoms with Crippen LogP contribution in [0.2, 0.25) is 0 Å². The van der Waals surface area contributed by atoms with Crippen molar-refractivity contribution in [2.75, 3.05) is 0 Å². The molecule has 0 aliphatic heterocycles. The van der Waals surface area contributed by atoms with Crippen molar-refractivity contribution in [1.29, 1.82) is 0 Å². The van der Waals surface area contributed by atoms with Crippen LogP contribution in [0.25, 0.3) is 11.0 Å². The Morgan fingerprint density at radius 1 is 1.50 bits per heavy atom. The van der Waals surface area contributed by atoms with Crippen LogP contribution in [-0.4, -0.2) is 14.7 Å². The van der Waals surface area contributed by atoms with Crippen LogP contribution >= 0.6 is 0 Å².